The molecule has 1 fully saturated rings. The van der Waals surface area contributed by atoms with Gasteiger partial charge in [0.25, 0.3) is 0 Å². The van der Waals surface area contributed by atoms with Crippen molar-refractivity contribution in [1.82, 2.24) is 14.9 Å². The number of hydrogen-bond donors (Lipinski definition) is 0. The highest BCUT2D eigenvalue weighted by Crippen LogP contribution is 2.29. The molecule has 2 aromatic heterocycles. The SMILES string of the molecule is Cc1nc(N2CCN(C(=O)/C=C/c3cccs3)CC2)cc(C(F)(F)F)n1. The zero-order valence-electron chi connectivity index (χ0n) is 14.0. The van der Waals surface area contributed by atoms with Crippen LogP contribution in [0.3, 0.4) is 0 Å². The van der Waals surface area contributed by atoms with E-state index in [1.165, 1.54) is 13.0 Å². The summed E-state index contributed by atoms with van der Waals surface area (Å²) < 4.78 is 38.7. The van der Waals surface area contributed by atoms with Crippen molar-refractivity contribution in [2.75, 3.05) is 31.1 Å². The van der Waals surface area contributed by atoms with E-state index in [2.05, 4.69) is 9.97 Å². The van der Waals surface area contributed by atoms with Gasteiger partial charge in [-0.1, -0.05) is 6.07 Å². The monoisotopic (exact) mass is 382 g/mol. The fourth-order valence-electron chi connectivity index (χ4n) is 2.66. The first-order valence-corrected chi connectivity index (χ1v) is 8.89. The van der Waals surface area contributed by atoms with Gasteiger partial charge in [0, 0.05) is 43.2 Å². The van der Waals surface area contributed by atoms with Crippen LogP contribution in [-0.2, 0) is 11.0 Å². The number of halogens is 3. The number of thiophene rings is 1. The highest BCUT2D eigenvalue weighted by molar-refractivity contribution is 7.10. The molecule has 5 nitrogen and oxygen atoms in total. The predicted octanol–water partition coefficient (Wildman–Crippen LogP) is 3.23. The van der Waals surface area contributed by atoms with Gasteiger partial charge in [-0.25, -0.2) is 9.97 Å². The van der Waals surface area contributed by atoms with Crippen LogP contribution < -0.4 is 4.90 Å². The zero-order valence-corrected chi connectivity index (χ0v) is 14.8. The average Bonchev–Trinajstić information content (AvgIpc) is 3.12. The van der Waals surface area contributed by atoms with Crippen LogP contribution in [0.5, 0.6) is 0 Å². The lowest BCUT2D eigenvalue weighted by atomic mass is 10.2. The number of carbonyl (C=O) groups is 1. The summed E-state index contributed by atoms with van der Waals surface area (Å²) in [6, 6.07) is 4.79. The van der Waals surface area contributed by atoms with Crippen molar-refractivity contribution in [2.45, 2.75) is 13.1 Å². The van der Waals surface area contributed by atoms with Crippen molar-refractivity contribution in [3.05, 3.63) is 46.1 Å². The molecule has 3 heterocycles. The molecule has 2 aromatic rings. The summed E-state index contributed by atoms with van der Waals surface area (Å²) in [6.07, 6.45) is -1.21. The molecule has 0 aromatic carbocycles. The highest BCUT2D eigenvalue weighted by Gasteiger charge is 2.34. The second-order valence-electron chi connectivity index (χ2n) is 5.82. The molecule has 9 heteroatoms. The normalized spacial score (nSPS) is 15.7. The maximum absolute atomic E-state index is 12.9. The van der Waals surface area contributed by atoms with Crippen LogP contribution in [-0.4, -0.2) is 47.0 Å². The summed E-state index contributed by atoms with van der Waals surface area (Å²) in [4.78, 5) is 24.2. The fraction of sp³-hybridized carbons (Fsp3) is 0.353. The molecule has 0 aliphatic carbocycles. The van der Waals surface area contributed by atoms with Crippen LogP contribution in [0.15, 0.2) is 29.7 Å². The number of hydrogen-bond acceptors (Lipinski definition) is 5. The van der Waals surface area contributed by atoms with Crippen molar-refractivity contribution >= 4 is 29.1 Å². The Morgan fingerprint density at radius 3 is 2.58 bits per heavy atom. The Balaban J connectivity index is 1.63. The van der Waals surface area contributed by atoms with Crippen LogP contribution in [0.1, 0.15) is 16.4 Å². The minimum Gasteiger partial charge on any atom is -0.353 e. The van der Waals surface area contributed by atoms with Gasteiger partial charge in [0.15, 0.2) is 0 Å². The third-order valence-electron chi connectivity index (χ3n) is 3.96. The number of piperazine rings is 1. The molecule has 0 bridgehead atoms. The van der Waals surface area contributed by atoms with Gasteiger partial charge < -0.3 is 9.80 Å². The molecule has 0 radical (unpaired) electrons. The molecular weight excluding hydrogens is 365 g/mol. The van der Waals surface area contributed by atoms with Crippen molar-refractivity contribution < 1.29 is 18.0 Å². The van der Waals surface area contributed by atoms with Crippen molar-refractivity contribution in [3.63, 3.8) is 0 Å². The number of anilines is 1. The molecule has 0 spiro atoms. The van der Waals surface area contributed by atoms with Crippen molar-refractivity contribution in [2.24, 2.45) is 0 Å². The lowest BCUT2D eigenvalue weighted by molar-refractivity contribution is -0.141. The molecule has 1 saturated heterocycles. The topological polar surface area (TPSA) is 49.3 Å². The Labute approximate surface area is 152 Å². The second kappa shape index (κ2) is 7.45. The Kier molecular flexibility index (Phi) is 5.26. The van der Waals surface area contributed by atoms with E-state index in [1.54, 1.807) is 27.2 Å². The Hall–Kier alpha value is -2.42. The van der Waals surface area contributed by atoms with E-state index >= 15 is 0 Å². The van der Waals surface area contributed by atoms with Crippen molar-refractivity contribution in [1.29, 1.82) is 0 Å². The van der Waals surface area contributed by atoms with Gasteiger partial charge in [0.05, 0.1) is 0 Å². The standard InChI is InChI=1S/C17H17F3N4OS/c1-12-21-14(17(18,19)20)11-15(22-12)23-6-8-24(9-7-23)16(25)5-4-13-3-2-10-26-13/h2-5,10-11H,6-9H2,1H3/b5-4+. The smallest absolute Gasteiger partial charge is 0.353 e. The largest absolute Gasteiger partial charge is 0.433 e. The molecule has 1 aliphatic rings. The van der Waals surface area contributed by atoms with Crippen LogP contribution in [0, 0.1) is 6.92 Å². The minimum absolute atomic E-state index is 0.0761. The van der Waals surface area contributed by atoms with E-state index in [9.17, 15) is 18.0 Å². The van der Waals surface area contributed by atoms with Gasteiger partial charge >= 0.3 is 6.18 Å². The van der Waals surface area contributed by atoms with Crippen molar-refractivity contribution in [3.8, 4) is 0 Å². The summed E-state index contributed by atoms with van der Waals surface area (Å²) in [5, 5.41) is 1.93. The van der Waals surface area contributed by atoms with Gasteiger partial charge in [-0.3, -0.25) is 4.79 Å². The third kappa shape index (κ3) is 4.40. The van der Waals surface area contributed by atoms with Gasteiger partial charge in [-0.15, -0.1) is 11.3 Å². The van der Waals surface area contributed by atoms with Crippen LogP contribution in [0.4, 0.5) is 19.0 Å². The fourth-order valence-corrected chi connectivity index (χ4v) is 3.28. The van der Waals surface area contributed by atoms with E-state index in [4.69, 9.17) is 0 Å². The number of amides is 1. The van der Waals surface area contributed by atoms with Gasteiger partial charge in [-0.05, 0) is 24.4 Å². The minimum atomic E-state index is -4.51. The maximum Gasteiger partial charge on any atom is 0.433 e. The van der Waals surface area contributed by atoms with Crippen LogP contribution >= 0.6 is 11.3 Å². The van der Waals surface area contributed by atoms with Gasteiger partial charge in [-0.2, -0.15) is 13.2 Å². The Morgan fingerprint density at radius 1 is 1.23 bits per heavy atom. The third-order valence-corrected chi connectivity index (χ3v) is 4.80. The average molecular weight is 382 g/mol. The van der Waals surface area contributed by atoms with Crippen LogP contribution in [0.2, 0.25) is 0 Å². The van der Waals surface area contributed by atoms with E-state index in [0.717, 1.165) is 10.9 Å². The van der Waals surface area contributed by atoms with E-state index in [-0.39, 0.29) is 17.5 Å². The highest BCUT2D eigenvalue weighted by atomic mass is 32.1. The predicted molar refractivity (Wildman–Crippen MR) is 93.9 cm³/mol. The first-order chi connectivity index (χ1) is 12.3. The molecule has 26 heavy (non-hydrogen) atoms. The first-order valence-electron chi connectivity index (χ1n) is 8.01. The van der Waals surface area contributed by atoms with E-state index in [1.807, 2.05) is 17.5 Å². The molecule has 0 atom stereocenters. The summed E-state index contributed by atoms with van der Waals surface area (Å²) in [7, 11) is 0. The zero-order chi connectivity index (χ0) is 18.7. The molecule has 0 saturated carbocycles. The molecule has 138 valence electrons. The maximum atomic E-state index is 12.9. The summed E-state index contributed by atoms with van der Waals surface area (Å²) in [5.74, 6) is 0.214. The molecular formula is C17H17F3N4OS. The number of alkyl halides is 3. The summed E-state index contributed by atoms with van der Waals surface area (Å²) >= 11 is 1.54. The van der Waals surface area contributed by atoms with E-state index < -0.39 is 11.9 Å². The number of rotatable bonds is 3. The molecule has 0 unspecified atom stereocenters. The van der Waals surface area contributed by atoms with Gasteiger partial charge in [0.2, 0.25) is 5.91 Å². The number of aromatic nitrogens is 2. The lowest BCUT2D eigenvalue weighted by Crippen LogP contribution is -2.48. The van der Waals surface area contributed by atoms with E-state index in [0.29, 0.717) is 26.2 Å². The quantitative estimate of drug-likeness (QED) is 0.765. The first kappa shape index (κ1) is 18.4. The number of aryl methyl sites for hydroxylation is 1. The second-order valence-corrected chi connectivity index (χ2v) is 6.80. The molecule has 0 N–H and O–H groups in total. The lowest BCUT2D eigenvalue weighted by Gasteiger charge is -2.35. The molecule has 1 aliphatic heterocycles. The number of nitrogens with zero attached hydrogens (tertiary/aromatic N) is 4. The summed E-state index contributed by atoms with van der Waals surface area (Å²) in [5.41, 5.74) is -0.947. The Morgan fingerprint density at radius 2 is 1.96 bits per heavy atom. The summed E-state index contributed by atoms with van der Waals surface area (Å²) in [6.45, 7) is 3.14. The van der Waals surface area contributed by atoms with Gasteiger partial charge in [0.1, 0.15) is 17.3 Å². The van der Waals surface area contributed by atoms with Crippen LogP contribution in [0.25, 0.3) is 6.08 Å². The Bertz CT molecular complexity index is 797. The molecule has 1 amide bonds. The molecule has 3 rings (SSSR count). The number of carbonyl (C=O) groups excluding carboxylic acids is 1.